The van der Waals surface area contributed by atoms with Gasteiger partial charge in [0, 0.05) is 20.7 Å². The molecule has 3 aromatic rings. The van der Waals surface area contributed by atoms with Crippen molar-refractivity contribution in [2.24, 2.45) is 5.10 Å². The van der Waals surface area contributed by atoms with Gasteiger partial charge in [-0.05, 0) is 60.2 Å². The number of amides is 1. The van der Waals surface area contributed by atoms with Crippen LogP contribution in [0.25, 0.3) is 0 Å². The fourth-order valence-corrected chi connectivity index (χ4v) is 3.81. The monoisotopic (exact) mass is 491 g/mol. The summed E-state index contributed by atoms with van der Waals surface area (Å²) in [6.07, 6.45) is 1.49. The lowest BCUT2D eigenvalue weighted by Crippen LogP contribution is -2.19. The zero-order chi connectivity index (χ0) is 20.9. The molecule has 0 bridgehead atoms. The van der Waals surface area contributed by atoms with Crippen molar-refractivity contribution in [3.8, 4) is 0 Å². The smallest absolute Gasteiger partial charge is 0.271 e. The van der Waals surface area contributed by atoms with Crippen LogP contribution in [0.4, 0.5) is 5.69 Å². The molecular formula is C20H15BrClN3O3S. The van der Waals surface area contributed by atoms with Crippen molar-refractivity contribution in [3.05, 3.63) is 93.4 Å². The normalized spacial score (nSPS) is 11.4. The first kappa shape index (κ1) is 21.0. The summed E-state index contributed by atoms with van der Waals surface area (Å²) in [6.45, 7) is 0. The van der Waals surface area contributed by atoms with Crippen molar-refractivity contribution in [2.75, 3.05) is 4.72 Å². The number of nitrogens with one attached hydrogen (secondary N) is 2. The minimum atomic E-state index is -3.87. The zero-order valence-electron chi connectivity index (χ0n) is 14.8. The maximum atomic E-state index is 12.6. The summed E-state index contributed by atoms with van der Waals surface area (Å²) in [4.78, 5) is 12.3. The largest absolute Gasteiger partial charge is 0.280 e. The highest BCUT2D eigenvalue weighted by Crippen LogP contribution is 2.19. The summed E-state index contributed by atoms with van der Waals surface area (Å²) >= 11 is 9.15. The van der Waals surface area contributed by atoms with Gasteiger partial charge in [-0.15, -0.1) is 0 Å². The van der Waals surface area contributed by atoms with Crippen molar-refractivity contribution >= 4 is 55.4 Å². The topological polar surface area (TPSA) is 87.6 Å². The number of hydrogen-bond acceptors (Lipinski definition) is 4. The standard InChI is InChI=1S/C20H15BrClN3O3S/c21-16-6-4-14(5-7-16)13-23-24-20(26)15-2-1-3-19(12-15)29(27,28)25-18-10-8-17(22)9-11-18/h1-13,25H,(H,24,26)/b23-13+. The maximum Gasteiger partial charge on any atom is 0.271 e. The number of sulfonamides is 1. The fraction of sp³-hybridized carbons (Fsp3) is 0. The first-order valence-electron chi connectivity index (χ1n) is 8.31. The summed E-state index contributed by atoms with van der Waals surface area (Å²) in [5.74, 6) is -0.526. The van der Waals surface area contributed by atoms with Gasteiger partial charge in [0.25, 0.3) is 15.9 Å². The van der Waals surface area contributed by atoms with Gasteiger partial charge in [0.2, 0.25) is 0 Å². The van der Waals surface area contributed by atoms with Gasteiger partial charge in [-0.25, -0.2) is 13.8 Å². The minimum absolute atomic E-state index is 0.0445. The van der Waals surface area contributed by atoms with Crippen LogP contribution in [0.5, 0.6) is 0 Å². The van der Waals surface area contributed by atoms with Crippen LogP contribution in [0.3, 0.4) is 0 Å². The van der Waals surface area contributed by atoms with Crippen molar-refractivity contribution in [2.45, 2.75) is 4.90 Å². The molecule has 3 aromatic carbocycles. The van der Waals surface area contributed by atoms with E-state index in [-0.39, 0.29) is 10.5 Å². The van der Waals surface area contributed by atoms with E-state index < -0.39 is 15.9 Å². The van der Waals surface area contributed by atoms with Crippen LogP contribution in [0.2, 0.25) is 5.02 Å². The molecule has 0 aliphatic heterocycles. The molecule has 2 N–H and O–H groups in total. The third kappa shape index (κ3) is 5.90. The van der Waals surface area contributed by atoms with E-state index in [1.54, 1.807) is 24.3 Å². The molecule has 3 rings (SSSR count). The molecular weight excluding hydrogens is 478 g/mol. The van der Waals surface area contributed by atoms with Crippen LogP contribution in [0.1, 0.15) is 15.9 Å². The predicted molar refractivity (Wildman–Crippen MR) is 118 cm³/mol. The Morgan fingerprint density at radius 1 is 1.00 bits per heavy atom. The van der Waals surface area contributed by atoms with E-state index in [2.05, 4.69) is 31.2 Å². The number of nitrogens with zero attached hydrogens (tertiary/aromatic N) is 1. The van der Waals surface area contributed by atoms with Gasteiger partial charge in [0.1, 0.15) is 0 Å². The van der Waals surface area contributed by atoms with E-state index in [9.17, 15) is 13.2 Å². The molecule has 0 aromatic heterocycles. The Morgan fingerprint density at radius 2 is 1.69 bits per heavy atom. The van der Waals surface area contributed by atoms with E-state index in [4.69, 9.17) is 11.6 Å². The number of halogens is 2. The average molecular weight is 493 g/mol. The molecule has 1 amide bonds. The van der Waals surface area contributed by atoms with Crippen molar-refractivity contribution in [3.63, 3.8) is 0 Å². The van der Waals surface area contributed by atoms with Gasteiger partial charge < -0.3 is 0 Å². The van der Waals surface area contributed by atoms with E-state index in [1.807, 2.05) is 24.3 Å². The predicted octanol–water partition coefficient (Wildman–Crippen LogP) is 4.67. The summed E-state index contributed by atoms with van der Waals surface area (Å²) in [5, 5.41) is 4.39. The van der Waals surface area contributed by atoms with Gasteiger partial charge >= 0.3 is 0 Å². The highest BCUT2D eigenvalue weighted by molar-refractivity contribution is 9.10. The molecule has 29 heavy (non-hydrogen) atoms. The van der Waals surface area contributed by atoms with Crippen LogP contribution in [-0.2, 0) is 10.0 Å². The van der Waals surface area contributed by atoms with Crippen LogP contribution in [0, 0.1) is 0 Å². The summed E-state index contributed by atoms with van der Waals surface area (Å²) in [6, 6.07) is 19.3. The Bertz CT molecular complexity index is 1150. The molecule has 9 heteroatoms. The van der Waals surface area contributed by atoms with E-state index in [0.29, 0.717) is 10.7 Å². The molecule has 6 nitrogen and oxygen atoms in total. The number of carbonyl (C=O) groups excluding carboxylic acids is 1. The number of hydrogen-bond donors (Lipinski definition) is 2. The molecule has 0 fully saturated rings. The Labute approximate surface area is 181 Å². The lowest BCUT2D eigenvalue weighted by atomic mass is 10.2. The molecule has 0 atom stereocenters. The van der Waals surface area contributed by atoms with Crippen LogP contribution >= 0.6 is 27.5 Å². The fourth-order valence-electron chi connectivity index (χ4n) is 2.32. The Kier molecular flexibility index (Phi) is 6.68. The molecule has 0 unspecified atom stereocenters. The zero-order valence-corrected chi connectivity index (χ0v) is 18.0. The van der Waals surface area contributed by atoms with Crippen LogP contribution in [-0.4, -0.2) is 20.5 Å². The summed E-state index contributed by atoms with van der Waals surface area (Å²) in [7, 11) is -3.87. The molecule has 0 heterocycles. The molecule has 0 spiro atoms. The van der Waals surface area contributed by atoms with Crippen LogP contribution < -0.4 is 10.1 Å². The molecule has 0 aliphatic carbocycles. The van der Waals surface area contributed by atoms with Gasteiger partial charge in [0.15, 0.2) is 0 Å². The summed E-state index contributed by atoms with van der Waals surface area (Å²) in [5.41, 5.74) is 3.72. The molecule has 148 valence electrons. The van der Waals surface area contributed by atoms with E-state index in [0.717, 1.165) is 10.0 Å². The maximum absolute atomic E-state index is 12.6. The second kappa shape index (κ2) is 9.21. The van der Waals surface area contributed by atoms with Gasteiger partial charge in [-0.2, -0.15) is 5.10 Å². The van der Waals surface area contributed by atoms with Crippen LogP contribution in [0.15, 0.2) is 87.3 Å². The third-order valence-corrected chi connectivity index (χ3v) is 5.91. The third-order valence-electron chi connectivity index (χ3n) is 3.75. The highest BCUT2D eigenvalue weighted by Gasteiger charge is 2.16. The number of benzene rings is 3. The SMILES string of the molecule is O=C(N/N=C/c1ccc(Br)cc1)c1cccc(S(=O)(=O)Nc2ccc(Cl)cc2)c1. The first-order valence-corrected chi connectivity index (χ1v) is 11.0. The quantitative estimate of drug-likeness (QED) is 0.387. The van der Waals surface area contributed by atoms with Crippen molar-refractivity contribution < 1.29 is 13.2 Å². The molecule has 0 aliphatic rings. The first-order chi connectivity index (χ1) is 13.8. The number of hydrazone groups is 1. The Balaban J connectivity index is 1.71. The van der Waals surface area contributed by atoms with Gasteiger partial charge in [0.05, 0.1) is 11.1 Å². The van der Waals surface area contributed by atoms with Gasteiger partial charge in [-0.3, -0.25) is 9.52 Å². The lowest BCUT2D eigenvalue weighted by molar-refractivity contribution is 0.0955. The number of rotatable bonds is 6. The van der Waals surface area contributed by atoms with Crippen molar-refractivity contribution in [1.29, 1.82) is 0 Å². The van der Waals surface area contributed by atoms with Crippen molar-refractivity contribution in [1.82, 2.24) is 5.43 Å². The van der Waals surface area contributed by atoms with Gasteiger partial charge in [-0.1, -0.05) is 45.7 Å². The second-order valence-electron chi connectivity index (χ2n) is 5.89. The van der Waals surface area contributed by atoms with E-state index >= 15 is 0 Å². The Hall–Kier alpha value is -2.68. The molecule has 0 saturated heterocycles. The molecule has 0 saturated carbocycles. The lowest BCUT2D eigenvalue weighted by Gasteiger charge is -2.09. The minimum Gasteiger partial charge on any atom is -0.280 e. The molecule has 0 radical (unpaired) electrons. The number of carbonyl (C=O) groups is 1. The second-order valence-corrected chi connectivity index (χ2v) is 8.93. The average Bonchev–Trinajstić information content (AvgIpc) is 2.71. The van der Waals surface area contributed by atoms with E-state index in [1.165, 1.54) is 30.5 Å². The number of anilines is 1. The highest BCUT2D eigenvalue weighted by atomic mass is 79.9. The Morgan fingerprint density at radius 3 is 2.38 bits per heavy atom. The summed E-state index contributed by atoms with van der Waals surface area (Å²) < 4.78 is 28.5.